The van der Waals surface area contributed by atoms with Crippen LogP contribution in [0.4, 0.5) is 0 Å². The lowest BCUT2D eigenvalue weighted by atomic mass is 9.43. The molecule has 0 radical (unpaired) electrons. The molecule has 1 aliphatic heterocycles. The molecule has 0 aromatic heterocycles. The van der Waals surface area contributed by atoms with Gasteiger partial charge in [0.05, 0.1) is 24.4 Å². The van der Waals surface area contributed by atoms with Crippen LogP contribution in [0.5, 0.6) is 0 Å². The van der Waals surface area contributed by atoms with Gasteiger partial charge in [-0.15, -0.1) is 0 Å². The Kier molecular flexibility index (Phi) is 8.47. The maximum absolute atomic E-state index is 15.3. The molecular formula is C34H48O9SSi. The van der Waals surface area contributed by atoms with Gasteiger partial charge in [-0.05, 0) is 74.2 Å². The highest BCUT2D eigenvalue weighted by Crippen LogP contribution is 2.66. The first-order chi connectivity index (χ1) is 21.3. The van der Waals surface area contributed by atoms with Crippen molar-refractivity contribution in [1.29, 1.82) is 0 Å². The van der Waals surface area contributed by atoms with Gasteiger partial charge in [0.25, 0.3) is 0 Å². The molecule has 248 valence electrons. The van der Waals surface area contributed by atoms with Crippen molar-refractivity contribution in [3.8, 4) is 0 Å². The largest absolute Gasteiger partial charge is 0.455 e. The zero-order valence-electron chi connectivity index (χ0n) is 28.8. The van der Waals surface area contributed by atoms with E-state index in [0.717, 1.165) is 17.6 Å². The minimum Gasteiger partial charge on any atom is -0.455 e. The van der Waals surface area contributed by atoms with Crippen LogP contribution in [0.25, 0.3) is 0 Å². The van der Waals surface area contributed by atoms with Gasteiger partial charge in [0.2, 0.25) is 0 Å². The van der Waals surface area contributed by atoms with Gasteiger partial charge in [0.1, 0.15) is 17.3 Å². The first kappa shape index (κ1) is 32.9. The lowest BCUT2D eigenvalue weighted by Crippen LogP contribution is -2.80. The third-order valence-corrected chi connectivity index (χ3v) is 12.4. The molecule has 5 rings (SSSR count). The van der Waals surface area contributed by atoms with Gasteiger partial charge in [-0.25, -0.2) is 4.79 Å². The Morgan fingerprint density at radius 1 is 1.13 bits per heavy atom. The fourth-order valence-electron chi connectivity index (χ4n) is 8.61. The third kappa shape index (κ3) is 5.26. The van der Waals surface area contributed by atoms with E-state index in [1.54, 1.807) is 37.3 Å². The number of ketones is 1. The predicted molar refractivity (Wildman–Crippen MR) is 173 cm³/mol. The summed E-state index contributed by atoms with van der Waals surface area (Å²) in [5.74, 6) is -2.98. The molecule has 3 fully saturated rings. The molecule has 3 aliphatic carbocycles. The number of rotatable bonds is 7. The van der Waals surface area contributed by atoms with E-state index in [1.165, 1.54) is 6.92 Å². The number of benzene rings is 1. The molecule has 1 N–H and O–H groups in total. The number of carbonyl (C=O) groups is 3. The van der Waals surface area contributed by atoms with Crippen molar-refractivity contribution in [3.63, 3.8) is 0 Å². The third-order valence-electron chi connectivity index (χ3n) is 11.0. The van der Waals surface area contributed by atoms with Gasteiger partial charge in [-0.2, -0.15) is 0 Å². The molecule has 45 heavy (non-hydrogen) atoms. The van der Waals surface area contributed by atoms with Gasteiger partial charge in [0, 0.05) is 37.7 Å². The number of fused-ring (bicyclic) bond motifs is 5. The van der Waals surface area contributed by atoms with E-state index in [2.05, 4.69) is 19.6 Å². The van der Waals surface area contributed by atoms with Crippen molar-refractivity contribution in [1.82, 2.24) is 0 Å². The van der Waals surface area contributed by atoms with Gasteiger partial charge >= 0.3 is 11.9 Å². The summed E-state index contributed by atoms with van der Waals surface area (Å²) in [7, 11) is -2.24. The van der Waals surface area contributed by atoms with Gasteiger partial charge in [0.15, 0.2) is 20.2 Å². The number of esters is 2. The highest BCUT2D eigenvalue weighted by molar-refractivity contribution is 7.93. The average Bonchev–Trinajstić information content (AvgIpc) is 2.97. The molecule has 1 unspecified atom stereocenters. The average molecular weight is 662 g/mol. The molecule has 2 bridgehead atoms. The Balaban J connectivity index is 1.88. The first-order valence-corrected chi connectivity index (χ1v) is 20.0. The van der Waals surface area contributed by atoms with Crippen molar-refractivity contribution in [2.75, 3.05) is 12.8 Å². The normalized spacial score (nSPS) is 39.3. The van der Waals surface area contributed by atoms with Gasteiger partial charge in [-0.3, -0.25) is 9.59 Å². The van der Waals surface area contributed by atoms with Crippen LogP contribution in [0.2, 0.25) is 19.6 Å². The van der Waals surface area contributed by atoms with Crippen LogP contribution in [-0.2, 0) is 32.4 Å². The first-order valence-electron chi connectivity index (χ1n) is 16.4. The zero-order chi connectivity index (χ0) is 34.0. The zero-order valence-corrected chi connectivity index (χ0v) is 29.6. The smallest absolute Gasteiger partial charge is 0.338 e. The molecule has 1 aromatic rings. The molecule has 11 heteroatoms. The van der Waals surface area contributed by atoms with E-state index in [4.69, 9.17) is 24.2 Å². The summed E-state index contributed by atoms with van der Waals surface area (Å²) in [6, 6.07) is 8.60. The Labute approximate surface area is 273 Å². The summed E-state index contributed by atoms with van der Waals surface area (Å²) in [6.45, 7) is 16.9. The number of hydrogen-bond acceptors (Lipinski definition) is 10. The molecule has 1 saturated heterocycles. The summed E-state index contributed by atoms with van der Waals surface area (Å²) < 4.78 is 40.2. The van der Waals surface area contributed by atoms with Crippen molar-refractivity contribution in [2.45, 2.75) is 110 Å². The predicted octanol–water partition coefficient (Wildman–Crippen LogP) is 5.52. The number of carbonyl (C=O) groups excluding carboxylic acids is 3. The number of aliphatic hydroxyl groups is 1. The van der Waals surface area contributed by atoms with E-state index in [9.17, 15) is 14.7 Å². The number of hydrogen-bond donors (Lipinski definition) is 1. The number of Topliss-reactive ketones (excluding diaryl/α,β-unsaturated/α-hetero) is 1. The van der Waals surface area contributed by atoms with Crippen LogP contribution in [0.15, 0.2) is 41.5 Å². The van der Waals surface area contributed by atoms with Gasteiger partial charge in [-0.1, -0.05) is 45.9 Å². The lowest BCUT2D eigenvalue weighted by Gasteiger charge is -2.68. The molecule has 9 atom stereocenters. The van der Waals surface area contributed by atoms with Crippen LogP contribution >= 0.6 is 12.0 Å². The van der Waals surface area contributed by atoms with E-state index >= 15 is 4.79 Å². The quantitative estimate of drug-likeness (QED) is 0.173. The fraction of sp³-hybridized carbons (Fsp3) is 0.676. The molecular weight excluding hydrogens is 613 g/mol. The van der Waals surface area contributed by atoms with Gasteiger partial charge < -0.3 is 27.9 Å². The highest BCUT2D eigenvalue weighted by atomic mass is 32.2. The topological polar surface area (TPSA) is 118 Å². The summed E-state index contributed by atoms with van der Waals surface area (Å²) in [5.41, 5.74) is -3.84. The van der Waals surface area contributed by atoms with Crippen molar-refractivity contribution in [3.05, 3.63) is 47.0 Å². The lowest BCUT2D eigenvalue weighted by molar-refractivity contribution is -0.334. The van der Waals surface area contributed by atoms with Crippen LogP contribution in [0, 0.1) is 22.7 Å². The monoisotopic (exact) mass is 661 g/mol. The van der Waals surface area contributed by atoms with Crippen LogP contribution in [-0.4, -0.2) is 79.6 Å². The summed E-state index contributed by atoms with van der Waals surface area (Å²) >= 11 is 0.917. The van der Waals surface area contributed by atoms with E-state index in [0.29, 0.717) is 17.6 Å². The summed E-state index contributed by atoms with van der Waals surface area (Å²) in [5, 5.41) is 12.6. The second-order valence-corrected chi connectivity index (χ2v) is 19.8. The SMILES string of the molecule is [2H]CSO[C@]12C[C@H](O[Si](C)(C)C)C(C)=C([C@@H](OC(C)=O)C(=O)[C@@]3(C)C([C@@H]1OC(=O)c1ccccc1)[C@]1(O)CO[C@@H]1C[C@@H]3C)C2(C)C. The second kappa shape index (κ2) is 11.6. The molecule has 2 saturated carbocycles. The van der Waals surface area contributed by atoms with Crippen LogP contribution < -0.4 is 0 Å². The maximum atomic E-state index is 15.3. The Morgan fingerprint density at radius 2 is 1.80 bits per heavy atom. The molecule has 1 heterocycles. The van der Waals surface area contributed by atoms with Crippen molar-refractivity contribution >= 4 is 38.1 Å². The van der Waals surface area contributed by atoms with E-state index in [-0.39, 0.29) is 31.0 Å². The molecule has 1 aromatic carbocycles. The minimum atomic E-state index is -2.24. The maximum Gasteiger partial charge on any atom is 0.338 e. The van der Waals surface area contributed by atoms with Crippen molar-refractivity contribution in [2.24, 2.45) is 22.7 Å². The fourth-order valence-corrected chi connectivity index (χ4v) is 10.3. The Hall–Kier alpha value is -2.02. The molecule has 9 nitrogen and oxygen atoms in total. The van der Waals surface area contributed by atoms with Crippen LogP contribution in [0.3, 0.4) is 0 Å². The summed E-state index contributed by atoms with van der Waals surface area (Å²) in [6.07, 6.45) is -3.24. The number of ether oxygens (including phenoxy) is 3. The second-order valence-electron chi connectivity index (χ2n) is 15.0. The minimum absolute atomic E-state index is 0.0613. The molecule has 0 amide bonds. The van der Waals surface area contributed by atoms with E-state index in [1.807, 2.05) is 27.7 Å². The Bertz CT molecular complexity index is 1410. The van der Waals surface area contributed by atoms with Crippen LogP contribution in [0.1, 0.15) is 66.1 Å². The molecule has 4 aliphatic rings. The van der Waals surface area contributed by atoms with E-state index < -0.39 is 72.6 Å². The molecule has 0 spiro atoms. The standard InChI is InChI=1S/C34H48O9SSi/c1-19-16-24-33(38,18-39-24)27-29(41-30(37)22-14-12-11-13-15-22)34(43-44-7)17-23(42-45(8,9)10)20(2)25(31(34,4)5)26(40-21(3)35)28(36)32(19,27)6/h11-15,19,23-24,26-27,29,38H,16-18H2,1-10H3/t19-,23-,24+,26+,27?,29-,32+,33-,34+/m0/s1/i7D. The highest BCUT2D eigenvalue weighted by Gasteiger charge is 2.77. The Morgan fingerprint density at radius 3 is 2.36 bits per heavy atom. The van der Waals surface area contributed by atoms with Crippen molar-refractivity contribution < 1.29 is 43.7 Å². The summed E-state index contributed by atoms with van der Waals surface area (Å²) in [4.78, 5) is 42.1.